The Balaban J connectivity index is 0.000000288. The fourth-order valence-electron chi connectivity index (χ4n) is 6.58. The third-order valence-corrected chi connectivity index (χ3v) is 8.68. The van der Waals surface area contributed by atoms with E-state index in [0.29, 0.717) is 0 Å². The number of hydrogen-bond donors (Lipinski definition) is 0. The van der Waals surface area contributed by atoms with Gasteiger partial charge < -0.3 is 4.90 Å². The largest absolute Gasteiger partial charge is 0.372 e. The molecule has 0 spiro atoms. The van der Waals surface area contributed by atoms with Crippen LogP contribution in [0.2, 0.25) is 0 Å². The molecule has 0 radical (unpaired) electrons. The SMILES string of the molecule is CCN(CC)c1ccccc1.c1ccc(C2=C(c3ccccc3)C(c3ccccc3)C(c3ccccc3)=C2c2ccccc2)cc1. The highest BCUT2D eigenvalue weighted by molar-refractivity contribution is 6.29. The van der Waals surface area contributed by atoms with Gasteiger partial charge in [-0.25, -0.2) is 0 Å². The maximum absolute atomic E-state index is 2.33. The Hall–Kier alpha value is -5.40. The van der Waals surface area contributed by atoms with Crippen LogP contribution in [0.3, 0.4) is 0 Å². The molecule has 226 valence electrons. The summed E-state index contributed by atoms with van der Waals surface area (Å²) in [6, 6.07) is 65.0. The summed E-state index contributed by atoms with van der Waals surface area (Å²) in [6.45, 7) is 6.52. The standard InChI is InChI=1S/C35H26.C10H15N/c1-6-16-26(17-7-1)31-32(27-18-8-2-9-19-27)34(29-22-12-4-13-23-29)35(30-24-14-5-15-25-30)33(31)28-20-10-3-11-21-28;1-3-11(4-2)10-8-6-5-7-9-10/h1-25,31H;5-9H,3-4H2,1-2H3. The van der Waals surface area contributed by atoms with Gasteiger partial charge in [-0.2, -0.15) is 0 Å². The van der Waals surface area contributed by atoms with E-state index in [4.69, 9.17) is 0 Å². The molecule has 0 aliphatic heterocycles. The summed E-state index contributed by atoms with van der Waals surface area (Å²) in [4.78, 5) is 2.33. The zero-order valence-electron chi connectivity index (χ0n) is 26.8. The Kier molecular flexibility index (Phi) is 10.0. The normalized spacial score (nSPS) is 12.9. The maximum Gasteiger partial charge on any atom is 0.0365 e. The van der Waals surface area contributed by atoms with Crippen LogP contribution in [0.5, 0.6) is 0 Å². The second kappa shape index (κ2) is 15.1. The first-order valence-electron chi connectivity index (χ1n) is 16.4. The summed E-state index contributed by atoms with van der Waals surface area (Å²) in [6.07, 6.45) is 0. The van der Waals surface area contributed by atoms with Crippen molar-refractivity contribution < 1.29 is 0 Å². The van der Waals surface area contributed by atoms with Crippen LogP contribution in [0.25, 0.3) is 22.3 Å². The lowest BCUT2D eigenvalue weighted by atomic mass is 9.81. The van der Waals surface area contributed by atoms with Crippen LogP contribution in [-0.4, -0.2) is 13.1 Å². The van der Waals surface area contributed by atoms with Crippen molar-refractivity contribution in [2.75, 3.05) is 18.0 Å². The van der Waals surface area contributed by atoms with E-state index >= 15 is 0 Å². The molecule has 6 aromatic rings. The van der Waals surface area contributed by atoms with E-state index in [0.717, 1.165) is 13.1 Å². The van der Waals surface area contributed by atoms with Crippen LogP contribution < -0.4 is 4.90 Å². The fourth-order valence-corrected chi connectivity index (χ4v) is 6.58. The third kappa shape index (κ3) is 6.65. The lowest BCUT2D eigenvalue weighted by Gasteiger charge is -2.22. The number of benzene rings is 6. The van der Waals surface area contributed by atoms with Crippen molar-refractivity contribution in [1.29, 1.82) is 0 Å². The topological polar surface area (TPSA) is 3.24 Å². The Bertz CT molecular complexity index is 1760. The molecule has 0 bridgehead atoms. The molecule has 1 heteroatoms. The average Bonchev–Trinajstić information content (AvgIpc) is 3.51. The van der Waals surface area contributed by atoms with Crippen LogP contribution in [0.15, 0.2) is 182 Å². The number of nitrogens with zero attached hydrogens (tertiary/aromatic N) is 1. The highest BCUT2D eigenvalue weighted by Gasteiger charge is 2.37. The molecule has 0 unspecified atom stereocenters. The van der Waals surface area contributed by atoms with Crippen LogP contribution in [0.4, 0.5) is 5.69 Å². The Morgan fingerprint density at radius 1 is 0.370 bits per heavy atom. The summed E-state index contributed by atoms with van der Waals surface area (Å²) < 4.78 is 0. The van der Waals surface area contributed by atoms with Crippen LogP contribution in [0, 0.1) is 0 Å². The van der Waals surface area contributed by atoms with E-state index in [1.807, 2.05) is 6.07 Å². The number of anilines is 1. The first-order valence-corrected chi connectivity index (χ1v) is 16.4. The number of hydrogen-bond acceptors (Lipinski definition) is 1. The second-order valence-electron chi connectivity index (χ2n) is 11.4. The van der Waals surface area contributed by atoms with E-state index in [2.05, 4.69) is 195 Å². The van der Waals surface area contributed by atoms with Crippen molar-refractivity contribution in [3.8, 4) is 0 Å². The summed E-state index contributed by atoms with van der Waals surface area (Å²) >= 11 is 0. The minimum atomic E-state index is 0.117. The Morgan fingerprint density at radius 2 is 0.674 bits per heavy atom. The van der Waals surface area contributed by atoms with Crippen molar-refractivity contribution in [3.63, 3.8) is 0 Å². The molecule has 1 nitrogen and oxygen atoms in total. The predicted octanol–water partition coefficient (Wildman–Crippen LogP) is 11.5. The van der Waals surface area contributed by atoms with Gasteiger partial charge in [-0.3, -0.25) is 0 Å². The molecule has 0 saturated carbocycles. The molecule has 0 heterocycles. The van der Waals surface area contributed by atoms with Crippen molar-refractivity contribution >= 4 is 28.0 Å². The molecule has 7 rings (SSSR count). The first-order chi connectivity index (χ1) is 22.8. The molecule has 0 N–H and O–H groups in total. The first kappa shape index (κ1) is 30.6. The number of allylic oxidation sites excluding steroid dienone is 4. The molecule has 1 aliphatic carbocycles. The van der Waals surface area contributed by atoms with E-state index in [1.165, 1.54) is 55.8 Å². The van der Waals surface area contributed by atoms with Crippen molar-refractivity contribution in [1.82, 2.24) is 0 Å². The quantitative estimate of drug-likeness (QED) is 0.169. The van der Waals surface area contributed by atoms with E-state index in [-0.39, 0.29) is 5.92 Å². The van der Waals surface area contributed by atoms with Crippen LogP contribution in [0.1, 0.15) is 47.6 Å². The van der Waals surface area contributed by atoms with Gasteiger partial charge in [-0.05, 0) is 76.1 Å². The Morgan fingerprint density at radius 3 is 1.02 bits per heavy atom. The molecule has 0 aromatic heterocycles. The highest BCUT2D eigenvalue weighted by atomic mass is 15.1. The molecule has 0 amide bonds. The molecular formula is C45H41N. The molecule has 46 heavy (non-hydrogen) atoms. The monoisotopic (exact) mass is 595 g/mol. The van der Waals surface area contributed by atoms with Gasteiger partial charge in [0.2, 0.25) is 0 Å². The summed E-state index contributed by atoms with van der Waals surface area (Å²) in [7, 11) is 0. The van der Waals surface area contributed by atoms with Gasteiger partial charge in [0.15, 0.2) is 0 Å². The maximum atomic E-state index is 2.33. The summed E-state index contributed by atoms with van der Waals surface area (Å²) in [5.74, 6) is 0.117. The van der Waals surface area contributed by atoms with E-state index < -0.39 is 0 Å². The van der Waals surface area contributed by atoms with Crippen molar-refractivity contribution in [2.45, 2.75) is 19.8 Å². The minimum Gasteiger partial charge on any atom is -0.372 e. The van der Waals surface area contributed by atoms with Gasteiger partial charge in [0.1, 0.15) is 0 Å². The average molecular weight is 596 g/mol. The number of para-hydroxylation sites is 1. The molecule has 1 aliphatic rings. The molecule has 0 fully saturated rings. The van der Waals surface area contributed by atoms with Crippen molar-refractivity contribution in [3.05, 3.63) is 210 Å². The van der Waals surface area contributed by atoms with Crippen LogP contribution >= 0.6 is 0 Å². The van der Waals surface area contributed by atoms with Gasteiger partial charge in [-0.15, -0.1) is 0 Å². The van der Waals surface area contributed by atoms with Crippen molar-refractivity contribution in [2.24, 2.45) is 0 Å². The zero-order valence-corrected chi connectivity index (χ0v) is 26.8. The lowest BCUT2D eigenvalue weighted by Crippen LogP contribution is -2.21. The molecule has 0 saturated heterocycles. The second-order valence-corrected chi connectivity index (χ2v) is 11.4. The predicted molar refractivity (Wildman–Crippen MR) is 199 cm³/mol. The summed E-state index contributed by atoms with van der Waals surface area (Å²) in [5, 5.41) is 0. The van der Waals surface area contributed by atoms with Crippen LogP contribution in [-0.2, 0) is 0 Å². The highest BCUT2D eigenvalue weighted by Crippen LogP contribution is 2.58. The molecule has 0 atom stereocenters. The lowest BCUT2D eigenvalue weighted by molar-refractivity contribution is 0.866. The van der Waals surface area contributed by atoms with Gasteiger partial charge >= 0.3 is 0 Å². The third-order valence-electron chi connectivity index (χ3n) is 8.68. The smallest absolute Gasteiger partial charge is 0.0365 e. The van der Waals surface area contributed by atoms with Gasteiger partial charge in [0.05, 0.1) is 0 Å². The molecular weight excluding hydrogens is 555 g/mol. The van der Waals surface area contributed by atoms with Gasteiger partial charge in [-0.1, -0.05) is 170 Å². The minimum absolute atomic E-state index is 0.117. The van der Waals surface area contributed by atoms with Gasteiger partial charge in [0, 0.05) is 24.7 Å². The number of rotatable bonds is 8. The van der Waals surface area contributed by atoms with E-state index in [9.17, 15) is 0 Å². The zero-order chi connectivity index (χ0) is 31.6. The summed E-state index contributed by atoms with van der Waals surface area (Å²) in [5.41, 5.74) is 13.0. The fraction of sp³-hybridized carbons (Fsp3) is 0.111. The van der Waals surface area contributed by atoms with E-state index in [1.54, 1.807) is 0 Å². The Labute approximate surface area is 274 Å². The van der Waals surface area contributed by atoms with Gasteiger partial charge in [0.25, 0.3) is 0 Å². The molecule has 6 aromatic carbocycles.